The van der Waals surface area contributed by atoms with Crippen molar-refractivity contribution in [1.29, 1.82) is 0 Å². The van der Waals surface area contributed by atoms with Gasteiger partial charge in [-0.3, -0.25) is 9.78 Å². The highest BCUT2D eigenvalue weighted by atomic mass is 16.5. The number of rotatable bonds is 0. The molecule has 0 saturated carbocycles. The van der Waals surface area contributed by atoms with Gasteiger partial charge in [-0.25, -0.2) is 0 Å². The van der Waals surface area contributed by atoms with Crippen molar-refractivity contribution in [2.24, 2.45) is 0 Å². The maximum Gasteiger partial charge on any atom is 0.186 e. The first-order valence-corrected chi connectivity index (χ1v) is 6.29. The van der Waals surface area contributed by atoms with Crippen LogP contribution in [-0.4, -0.2) is 24.0 Å². The van der Waals surface area contributed by atoms with E-state index >= 15 is 0 Å². The largest absolute Gasteiger partial charge is 0.367 e. The number of nitrogens with zero attached hydrogens (tertiary/aromatic N) is 1. The molecule has 0 fully saturated rings. The van der Waals surface area contributed by atoms with Crippen LogP contribution >= 0.6 is 0 Å². The summed E-state index contributed by atoms with van der Waals surface area (Å²) in [5.41, 5.74) is 4.94. The Morgan fingerprint density at radius 1 is 1.21 bits per heavy atom. The molecule has 1 aromatic carbocycles. The van der Waals surface area contributed by atoms with Crippen LogP contribution in [0.15, 0.2) is 41.7 Å². The predicted octanol–water partition coefficient (Wildman–Crippen LogP) is 2.06. The van der Waals surface area contributed by atoms with Gasteiger partial charge in [-0.1, -0.05) is 6.07 Å². The fraction of sp³-hybridized carbons (Fsp3) is 0.200. The highest BCUT2D eigenvalue weighted by Gasteiger charge is 2.27. The Hall–Kier alpha value is -2.20. The molecule has 1 N–H and O–H groups in total. The highest BCUT2D eigenvalue weighted by molar-refractivity contribution is 6.01. The minimum absolute atomic E-state index is 0.0836. The van der Waals surface area contributed by atoms with Gasteiger partial charge in [0.1, 0.15) is 6.61 Å². The first-order valence-electron chi connectivity index (χ1n) is 6.29. The van der Waals surface area contributed by atoms with E-state index in [1.807, 2.05) is 18.2 Å². The third kappa shape index (κ3) is 1.57. The summed E-state index contributed by atoms with van der Waals surface area (Å²) in [6.07, 6.45) is 2.46. The van der Waals surface area contributed by atoms with E-state index in [0.717, 1.165) is 33.4 Å². The Labute approximate surface area is 110 Å². The molecule has 4 nitrogen and oxygen atoms in total. The van der Waals surface area contributed by atoms with Gasteiger partial charge >= 0.3 is 0 Å². The molecule has 3 heterocycles. The Balaban J connectivity index is 1.91. The molecule has 2 aliphatic heterocycles. The van der Waals surface area contributed by atoms with Crippen LogP contribution in [0.5, 0.6) is 0 Å². The molecule has 0 aliphatic carbocycles. The maximum atomic E-state index is 11.9. The Morgan fingerprint density at radius 3 is 3.11 bits per heavy atom. The van der Waals surface area contributed by atoms with E-state index in [1.165, 1.54) is 0 Å². The van der Waals surface area contributed by atoms with Crippen molar-refractivity contribution in [1.82, 2.24) is 4.98 Å². The lowest BCUT2D eigenvalue weighted by Crippen LogP contribution is -2.29. The number of hydrogen-bond acceptors (Lipinski definition) is 4. The topological polar surface area (TPSA) is 51.2 Å². The van der Waals surface area contributed by atoms with Gasteiger partial charge in [0.2, 0.25) is 0 Å². The van der Waals surface area contributed by atoms with Crippen LogP contribution in [0, 0.1) is 0 Å². The average molecular weight is 252 g/mol. The van der Waals surface area contributed by atoms with Gasteiger partial charge in [0.05, 0.1) is 12.1 Å². The number of nitrogens with one attached hydrogen (secondary N) is 1. The number of ketones is 1. The van der Waals surface area contributed by atoms with E-state index in [2.05, 4.69) is 16.4 Å². The standard InChI is InChI=1S/C15H12N2O2/c18-15-8-19-7-14-11(15)6-10-9-2-1-5-16-12(9)3-4-13(10)17-14/h1-5,17H,6-8H2. The minimum Gasteiger partial charge on any atom is -0.367 e. The zero-order chi connectivity index (χ0) is 12.8. The molecule has 4 heteroatoms. The zero-order valence-corrected chi connectivity index (χ0v) is 10.3. The summed E-state index contributed by atoms with van der Waals surface area (Å²) in [4.78, 5) is 16.3. The van der Waals surface area contributed by atoms with E-state index in [1.54, 1.807) is 6.20 Å². The molecule has 0 spiro atoms. The summed E-state index contributed by atoms with van der Waals surface area (Å²) < 4.78 is 5.27. The molecule has 0 unspecified atom stereocenters. The minimum atomic E-state index is 0.0836. The highest BCUT2D eigenvalue weighted by Crippen LogP contribution is 2.34. The fourth-order valence-electron chi connectivity index (χ4n) is 2.77. The van der Waals surface area contributed by atoms with Crippen molar-refractivity contribution in [3.8, 4) is 0 Å². The second-order valence-electron chi connectivity index (χ2n) is 4.84. The number of fused-ring (bicyclic) bond motifs is 3. The molecule has 2 aliphatic rings. The average Bonchev–Trinajstić information content (AvgIpc) is 2.46. The molecule has 2 aromatic rings. The summed E-state index contributed by atoms with van der Waals surface area (Å²) in [6.45, 7) is 0.685. The molecular formula is C15H12N2O2. The van der Waals surface area contributed by atoms with Gasteiger partial charge < -0.3 is 10.1 Å². The van der Waals surface area contributed by atoms with E-state index < -0.39 is 0 Å². The molecule has 0 radical (unpaired) electrons. The van der Waals surface area contributed by atoms with Gasteiger partial charge in [-0.15, -0.1) is 0 Å². The number of carbonyl (C=O) groups is 1. The Bertz CT molecular complexity index is 734. The smallest absolute Gasteiger partial charge is 0.186 e. The Morgan fingerprint density at radius 2 is 2.16 bits per heavy atom. The summed E-state index contributed by atoms with van der Waals surface area (Å²) in [6, 6.07) is 8.00. The third-order valence-corrected chi connectivity index (χ3v) is 3.72. The van der Waals surface area contributed by atoms with Crippen molar-refractivity contribution < 1.29 is 9.53 Å². The first-order chi connectivity index (χ1) is 9.33. The van der Waals surface area contributed by atoms with Gasteiger partial charge in [0, 0.05) is 35.0 Å². The zero-order valence-electron chi connectivity index (χ0n) is 10.3. The van der Waals surface area contributed by atoms with Crippen LogP contribution in [0.3, 0.4) is 0 Å². The summed E-state index contributed by atoms with van der Waals surface area (Å²) in [7, 11) is 0. The van der Waals surface area contributed by atoms with Crippen LogP contribution in [0.4, 0.5) is 5.69 Å². The van der Waals surface area contributed by atoms with Gasteiger partial charge in [-0.2, -0.15) is 0 Å². The van der Waals surface area contributed by atoms with Crippen LogP contribution in [0.25, 0.3) is 10.9 Å². The van der Waals surface area contributed by atoms with Crippen molar-refractivity contribution in [3.05, 3.63) is 47.3 Å². The SMILES string of the molecule is O=C1COCC2=C1Cc1c(ccc3ncccc13)N2. The van der Waals surface area contributed by atoms with Gasteiger partial charge in [-0.05, 0) is 23.8 Å². The van der Waals surface area contributed by atoms with Crippen molar-refractivity contribution >= 4 is 22.4 Å². The molecule has 1 aromatic heterocycles. The van der Waals surface area contributed by atoms with E-state index in [-0.39, 0.29) is 12.4 Å². The van der Waals surface area contributed by atoms with Crippen LogP contribution in [0.2, 0.25) is 0 Å². The number of benzene rings is 1. The van der Waals surface area contributed by atoms with E-state index in [0.29, 0.717) is 13.0 Å². The monoisotopic (exact) mass is 252 g/mol. The molecule has 94 valence electrons. The number of Topliss-reactive ketones (excluding diaryl/α,β-unsaturated/α-hetero) is 1. The molecule has 19 heavy (non-hydrogen) atoms. The van der Waals surface area contributed by atoms with E-state index in [4.69, 9.17) is 4.74 Å². The van der Waals surface area contributed by atoms with Crippen LogP contribution < -0.4 is 5.32 Å². The lowest BCUT2D eigenvalue weighted by Gasteiger charge is -2.28. The van der Waals surface area contributed by atoms with E-state index in [9.17, 15) is 4.79 Å². The second kappa shape index (κ2) is 3.90. The molecule has 0 amide bonds. The quantitative estimate of drug-likeness (QED) is 0.779. The first kappa shape index (κ1) is 10.7. The number of aromatic nitrogens is 1. The Kier molecular flexibility index (Phi) is 2.19. The number of ether oxygens (including phenoxy) is 1. The van der Waals surface area contributed by atoms with Gasteiger partial charge in [0.15, 0.2) is 5.78 Å². The number of pyridine rings is 1. The molecule has 0 saturated heterocycles. The maximum absolute atomic E-state index is 11.9. The molecule has 0 atom stereocenters. The number of hydrogen-bond donors (Lipinski definition) is 1. The number of anilines is 1. The summed E-state index contributed by atoms with van der Waals surface area (Å²) in [5.74, 6) is 0.0836. The van der Waals surface area contributed by atoms with Crippen LogP contribution in [0.1, 0.15) is 5.56 Å². The number of carbonyl (C=O) groups excluding carboxylic acids is 1. The van der Waals surface area contributed by atoms with Crippen molar-refractivity contribution in [3.63, 3.8) is 0 Å². The second-order valence-corrected chi connectivity index (χ2v) is 4.84. The summed E-state index contributed by atoms with van der Waals surface area (Å²) in [5, 5.41) is 4.44. The lowest BCUT2D eigenvalue weighted by atomic mass is 9.91. The molecule has 0 bridgehead atoms. The normalized spacial score (nSPS) is 18.0. The fourth-order valence-corrected chi connectivity index (χ4v) is 2.77. The lowest BCUT2D eigenvalue weighted by molar-refractivity contribution is -0.120. The predicted molar refractivity (Wildman–Crippen MR) is 71.9 cm³/mol. The molecule has 4 rings (SSSR count). The molecular weight excluding hydrogens is 240 g/mol. The van der Waals surface area contributed by atoms with Gasteiger partial charge in [0.25, 0.3) is 0 Å². The third-order valence-electron chi connectivity index (χ3n) is 3.72. The van der Waals surface area contributed by atoms with Crippen LogP contribution in [-0.2, 0) is 16.0 Å². The van der Waals surface area contributed by atoms with Crippen molar-refractivity contribution in [2.75, 3.05) is 18.5 Å². The summed E-state index contributed by atoms with van der Waals surface area (Å²) >= 11 is 0. The van der Waals surface area contributed by atoms with Crippen molar-refractivity contribution in [2.45, 2.75) is 6.42 Å².